The van der Waals surface area contributed by atoms with Crippen LogP contribution in [0.4, 0.5) is 13.2 Å². The number of aryl methyl sites for hydroxylation is 1. The summed E-state index contributed by atoms with van der Waals surface area (Å²) in [7, 11) is 0. The fourth-order valence-corrected chi connectivity index (χ4v) is 2.94. The van der Waals surface area contributed by atoms with Gasteiger partial charge in [-0.05, 0) is 30.2 Å². The number of fused-ring (bicyclic) bond motifs is 1. The molecule has 0 aliphatic carbocycles. The highest BCUT2D eigenvalue weighted by Gasteiger charge is 2.20. The highest BCUT2D eigenvalue weighted by molar-refractivity contribution is 6.30. The van der Waals surface area contributed by atoms with Gasteiger partial charge in [0, 0.05) is 18.8 Å². The Labute approximate surface area is 162 Å². The number of amidine groups is 1. The number of halogens is 4. The molecule has 0 radical (unpaired) electrons. The maximum atomic E-state index is 14.3. The van der Waals surface area contributed by atoms with E-state index in [4.69, 9.17) is 11.6 Å². The first-order chi connectivity index (χ1) is 13.3. The molecule has 28 heavy (non-hydrogen) atoms. The van der Waals surface area contributed by atoms with Gasteiger partial charge >= 0.3 is 0 Å². The molecule has 1 aliphatic rings. The molecule has 1 aromatic carbocycles. The minimum Gasteiger partial charge on any atom is -0.367 e. The van der Waals surface area contributed by atoms with Crippen molar-refractivity contribution in [2.75, 3.05) is 0 Å². The number of nitrogens with zero attached hydrogens (tertiary/aromatic N) is 4. The van der Waals surface area contributed by atoms with Crippen molar-refractivity contribution < 1.29 is 18.3 Å². The summed E-state index contributed by atoms with van der Waals surface area (Å²) < 4.78 is 43.4. The summed E-state index contributed by atoms with van der Waals surface area (Å²) in [5.74, 6) is -1.68. The Morgan fingerprint density at radius 3 is 2.79 bits per heavy atom. The average Bonchev–Trinajstić information content (AvgIpc) is 3.03. The van der Waals surface area contributed by atoms with Gasteiger partial charge in [0.05, 0.1) is 16.9 Å². The van der Waals surface area contributed by atoms with Gasteiger partial charge in [-0.1, -0.05) is 11.6 Å². The molecule has 0 spiro atoms. The Morgan fingerprint density at radius 2 is 2.04 bits per heavy atom. The highest BCUT2D eigenvalue weighted by atomic mass is 35.5. The van der Waals surface area contributed by atoms with Crippen LogP contribution >= 0.6 is 11.6 Å². The van der Waals surface area contributed by atoms with Gasteiger partial charge < -0.3 is 10.4 Å². The lowest BCUT2D eigenvalue weighted by atomic mass is 10.1. The second kappa shape index (κ2) is 6.92. The third-order valence-corrected chi connectivity index (χ3v) is 4.59. The fourth-order valence-electron chi connectivity index (χ4n) is 2.83. The van der Waals surface area contributed by atoms with Gasteiger partial charge in [-0.2, -0.15) is 4.39 Å². The van der Waals surface area contributed by atoms with Crippen LogP contribution < -0.4 is 5.32 Å². The summed E-state index contributed by atoms with van der Waals surface area (Å²) in [5.41, 5.74) is 0.778. The number of hydrogen-bond acceptors (Lipinski definition) is 5. The zero-order chi connectivity index (χ0) is 20.0. The highest BCUT2D eigenvalue weighted by Crippen LogP contribution is 2.21. The monoisotopic (exact) mass is 407 g/mol. The van der Waals surface area contributed by atoms with E-state index >= 15 is 0 Å². The number of rotatable bonds is 3. The lowest BCUT2D eigenvalue weighted by Gasteiger charge is -2.16. The molecular weight excluding hydrogens is 395 g/mol. The summed E-state index contributed by atoms with van der Waals surface area (Å²) in [5, 5.41) is 12.6. The minimum absolute atomic E-state index is 0.0552. The molecular formula is C18H13ClF3N5O. The van der Waals surface area contributed by atoms with E-state index in [-0.39, 0.29) is 45.5 Å². The zero-order valence-electron chi connectivity index (χ0n) is 14.4. The third-order valence-electron chi connectivity index (χ3n) is 4.29. The van der Waals surface area contributed by atoms with E-state index in [0.717, 1.165) is 22.7 Å². The molecule has 1 atom stereocenters. The number of nitrogens with one attached hydrogen (secondary N) is 1. The maximum Gasteiger partial charge on any atom is 0.218 e. The van der Waals surface area contributed by atoms with Gasteiger partial charge in [-0.25, -0.2) is 23.7 Å². The molecule has 0 amide bonds. The second-order valence-corrected chi connectivity index (χ2v) is 6.68. The number of aliphatic hydroxyl groups excluding tert-OH is 1. The predicted octanol–water partition coefficient (Wildman–Crippen LogP) is 2.79. The Balaban J connectivity index is 1.82. The normalized spacial score (nSPS) is 16.7. The molecule has 144 valence electrons. The fraction of sp³-hybridized carbons (Fsp3) is 0.167. The lowest BCUT2D eigenvalue weighted by molar-refractivity contribution is 0.226. The first-order valence-electron chi connectivity index (χ1n) is 8.19. The van der Waals surface area contributed by atoms with Crippen LogP contribution in [-0.2, 0) is 6.42 Å². The van der Waals surface area contributed by atoms with E-state index in [0.29, 0.717) is 0 Å². The topological polar surface area (TPSA) is 74.8 Å². The number of aliphatic hydroxyl groups is 1. The molecule has 0 fully saturated rings. The Morgan fingerprint density at radius 1 is 1.25 bits per heavy atom. The molecule has 1 unspecified atom stereocenters. The van der Waals surface area contributed by atoms with Crippen LogP contribution in [0.3, 0.4) is 0 Å². The molecule has 0 saturated carbocycles. The third kappa shape index (κ3) is 3.23. The van der Waals surface area contributed by atoms with Crippen molar-refractivity contribution in [3.05, 3.63) is 75.9 Å². The van der Waals surface area contributed by atoms with Crippen molar-refractivity contribution in [1.82, 2.24) is 19.7 Å². The van der Waals surface area contributed by atoms with Crippen molar-refractivity contribution in [2.45, 2.75) is 19.6 Å². The van der Waals surface area contributed by atoms with Gasteiger partial charge in [-0.15, -0.1) is 0 Å². The Hall–Kier alpha value is -2.91. The second-order valence-electron chi connectivity index (χ2n) is 6.24. The van der Waals surface area contributed by atoms with Gasteiger partial charge in [0.25, 0.3) is 0 Å². The first-order valence-corrected chi connectivity index (χ1v) is 8.56. The first kappa shape index (κ1) is 18.5. The van der Waals surface area contributed by atoms with E-state index in [1.165, 1.54) is 19.3 Å². The molecule has 0 bridgehead atoms. The van der Waals surface area contributed by atoms with Crippen LogP contribution in [0.25, 0.3) is 5.65 Å². The molecule has 2 N–H and O–H groups in total. The van der Waals surface area contributed by atoms with Crippen LogP contribution in [0.2, 0.25) is 0 Å². The molecule has 6 nitrogen and oxygen atoms in total. The van der Waals surface area contributed by atoms with Crippen LogP contribution in [0.15, 0.2) is 40.8 Å². The summed E-state index contributed by atoms with van der Waals surface area (Å²) in [6, 6.07) is 2.17. The van der Waals surface area contributed by atoms with E-state index < -0.39 is 23.8 Å². The van der Waals surface area contributed by atoms with Crippen LogP contribution in [0.1, 0.15) is 22.5 Å². The standard InChI is InChI=1S/C18H13ClF3N5O/c1-8-2-12(21)9(3-11(8)20)4-13-17-24-6-15(22)27(17)7-14(25-13)16-23-5-10(19)18(28)26-16/h2-3,5-7,18,28H,4H2,1H3,(H,23,26). The summed E-state index contributed by atoms with van der Waals surface area (Å²) in [6.45, 7) is 1.46. The number of imidazole rings is 1. The molecule has 3 heterocycles. The van der Waals surface area contributed by atoms with E-state index in [2.05, 4.69) is 20.3 Å². The Kier molecular flexibility index (Phi) is 4.56. The molecule has 2 aromatic heterocycles. The van der Waals surface area contributed by atoms with E-state index in [9.17, 15) is 18.3 Å². The number of aromatic nitrogens is 3. The van der Waals surface area contributed by atoms with Crippen molar-refractivity contribution in [3.63, 3.8) is 0 Å². The lowest BCUT2D eigenvalue weighted by Crippen LogP contribution is -2.29. The maximum absolute atomic E-state index is 14.3. The van der Waals surface area contributed by atoms with Gasteiger partial charge in [0.2, 0.25) is 5.95 Å². The molecule has 1 aliphatic heterocycles. The molecule has 4 rings (SSSR count). The summed E-state index contributed by atoms with van der Waals surface area (Å²) in [6.07, 6.45) is 2.26. The molecule has 3 aromatic rings. The Bertz CT molecular complexity index is 1160. The van der Waals surface area contributed by atoms with Crippen molar-refractivity contribution in [2.24, 2.45) is 4.99 Å². The zero-order valence-corrected chi connectivity index (χ0v) is 15.2. The van der Waals surface area contributed by atoms with E-state index in [1.54, 1.807) is 0 Å². The largest absolute Gasteiger partial charge is 0.367 e. The quantitative estimate of drug-likeness (QED) is 0.700. The molecule has 0 saturated heterocycles. The van der Waals surface area contributed by atoms with Crippen LogP contribution in [-0.4, -0.2) is 31.5 Å². The average molecular weight is 408 g/mol. The van der Waals surface area contributed by atoms with Crippen molar-refractivity contribution in [3.8, 4) is 0 Å². The van der Waals surface area contributed by atoms with E-state index in [1.807, 2.05) is 0 Å². The van der Waals surface area contributed by atoms with Crippen molar-refractivity contribution in [1.29, 1.82) is 0 Å². The minimum atomic E-state index is -1.28. The SMILES string of the molecule is Cc1cc(F)c(Cc2nc(C3=NC(O)C(Cl)=CN3)cn3c(F)cnc23)cc1F. The molecule has 10 heteroatoms. The summed E-state index contributed by atoms with van der Waals surface area (Å²) >= 11 is 5.78. The van der Waals surface area contributed by atoms with Crippen LogP contribution in [0.5, 0.6) is 0 Å². The van der Waals surface area contributed by atoms with Gasteiger partial charge in [0.1, 0.15) is 17.3 Å². The number of benzene rings is 1. The smallest absolute Gasteiger partial charge is 0.218 e. The van der Waals surface area contributed by atoms with Gasteiger partial charge in [0.15, 0.2) is 17.7 Å². The summed E-state index contributed by atoms with van der Waals surface area (Å²) in [4.78, 5) is 12.3. The number of hydrogen-bond donors (Lipinski definition) is 2. The predicted molar refractivity (Wildman–Crippen MR) is 96.5 cm³/mol. The number of aliphatic imine (C=N–C) groups is 1. The van der Waals surface area contributed by atoms with Crippen molar-refractivity contribution >= 4 is 23.1 Å². The van der Waals surface area contributed by atoms with Gasteiger partial charge in [-0.3, -0.25) is 4.40 Å². The van der Waals surface area contributed by atoms with Crippen LogP contribution in [0, 0.1) is 24.5 Å².